The minimum atomic E-state index is -3.53. The molecule has 2 aromatic rings. The number of aromatic nitrogens is 1. The van der Waals surface area contributed by atoms with Crippen LogP contribution in [0.4, 0.5) is 5.82 Å². The minimum Gasteiger partial charge on any atom is -0.356 e. The smallest absolute Gasteiger partial charge is 0.241 e. The number of hydrogen-bond donors (Lipinski definition) is 1. The van der Waals surface area contributed by atoms with Gasteiger partial charge in [-0.15, -0.1) is 0 Å². The number of hydrogen-bond acceptors (Lipinski definition) is 4. The van der Waals surface area contributed by atoms with E-state index >= 15 is 0 Å². The zero-order chi connectivity index (χ0) is 18.0. The van der Waals surface area contributed by atoms with Gasteiger partial charge in [-0.05, 0) is 72.4 Å². The highest BCUT2D eigenvalue weighted by Crippen LogP contribution is 2.25. The summed E-state index contributed by atoms with van der Waals surface area (Å²) in [5.74, 6) is 0.961. The molecular weight excluding hydrogens is 402 g/mol. The van der Waals surface area contributed by atoms with Gasteiger partial charge in [0.2, 0.25) is 10.0 Å². The summed E-state index contributed by atoms with van der Waals surface area (Å²) in [6.07, 6.45) is 1.52. The van der Waals surface area contributed by atoms with Crippen molar-refractivity contribution in [3.05, 3.63) is 52.1 Å². The summed E-state index contributed by atoms with van der Waals surface area (Å²) in [7, 11) is -3.53. The molecule has 0 radical (unpaired) electrons. The van der Waals surface area contributed by atoms with Crippen LogP contribution < -0.4 is 9.62 Å². The Kier molecular flexibility index (Phi) is 5.46. The van der Waals surface area contributed by atoms with Crippen molar-refractivity contribution >= 4 is 31.8 Å². The maximum atomic E-state index is 12.7. The fourth-order valence-corrected chi connectivity index (χ4v) is 5.53. The minimum absolute atomic E-state index is 0.0562. The number of piperidine rings is 1. The Hall–Kier alpha value is -1.44. The number of aryl methyl sites for hydroxylation is 2. The summed E-state index contributed by atoms with van der Waals surface area (Å²) in [5.41, 5.74) is 2.01. The van der Waals surface area contributed by atoms with Crippen molar-refractivity contribution in [2.24, 2.45) is 0 Å². The first kappa shape index (κ1) is 18.4. The number of nitrogens with one attached hydrogen (secondary N) is 1. The van der Waals surface area contributed by atoms with Gasteiger partial charge in [-0.2, -0.15) is 0 Å². The van der Waals surface area contributed by atoms with Crippen LogP contribution in [0.1, 0.15) is 24.1 Å². The molecule has 134 valence electrons. The number of halogens is 1. The van der Waals surface area contributed by atoms with Crippen molar-refractivity contribution in [3.8, 4) is 0 Å². The lowest BCUT2D eigenvalue weighted by Gasteiger charge is -2.33. The molecule has 1 saturated heterocycles. The molecule has 25 heavy (non-hydrogen) atoms. The fraction of sp³-hybridized carbons (Fsp3) is 0.389. The van der Waals surface area contributed by atoms with Crippen LogP contribution in [0.25, 0.3) is 0 Å². The SMILES string of the molecule is Cc1ccc(S(=O)(=O)NC2CCN(c3cccc(C)n3)CC2)c(Br)c1. The van der Waals surface area contributed by atoms with Crippen molar-refractivity contribution in [1.29, 1.82) is 0 Å². The van der Waals surface area contributed by atoms with Crippen molar-refractivity contribution in [2.75, 3.05) is 18.0 Å². The summed E-state index contributed by atoms with van der Waals surface area (Å²) in [6, 6.07) is 11.2. The molecule has 1 N–H and O–H groups in total. The summed E-state index contributed by atoms with van der Waals surface area (Å²) < 4.78 is 28.8. The van der Waals surface area contributed by atoms with E-state index in [0.717, 1.165) is 43.0 Å². The first-order chi connectivity index (χ1) is 11.8. The standard InChI is InChI=1S/C18H22BrN3O2S/c1-13-6-7-17(16(19)12-13)25(23,24)21-15-8-10-22(11-9-15)18-5-3-4-14(2)20-18/h3-7,12,15,21H,8-11H2,1-2H3. The lowest BCUT2D eigenvalue weighted by atomic mass is 10.1. The molecule has 3 rings (SSSR count). The van der Waals surface area contributed by atoms with Gasteiger partial charge in [0.1, 0.15) is 5.82 Å². The summed E-state index contributed by atoms with van der Waals surface area (Å²) in [5, 5.41) is 0. The zero-order valence-corrected chi connectivity index (χ0v) is 16.8. The van der Waals surface area contributed by atoms with Gasteiger partial charge < -0.3 is 4.90 Å². The van der Waals surface area contributed by atoms with Gasteiger partial charge in [0, 0.05) is 29.3 Å². The average Bonchev–Trinajstić information content (AvgIpc) is 2.54. The maximum Gasteiger partial charge on any atom is 0.241 e. The molecule has 1 aliphatic heterocycles. The normalized spacial score (nSPS) is 16.2. The third-order valence-electron chi connectivity index (χ3n) is 4.39. The van der Waals surface area contributed by atoms with E-state index in [1.807, 2.05) is 44.2 Å². The van der Waals surface area contributed by atoms with Crippen molar-refractivity contribution in [3.63, 3.8) is 0 Å². The Morgan fingerprint density at radius 1 is 1.16 bits per heavy atom. The molecule has 5 nitrogen and oxygen atoms in total. The largest absolute Gasteiger partial charge is 0.356 e. The van der Waals surface area contributed by atoms with Crippen LogP contribution in [-0.4, -0.2) is 32.5 Å². The highest BCUT2D eigenvalue weighted by molar-refractivity contribution is 9.10. The van der Waals surface area contributed by atoms with E-state index in [2.05, 4.69) is 30.5 Å². The first-order valence-corrected chi connectivity index (χ1v) is 10.6. The molecule has 7 heteroatoms. The maximum absolute atomic E-state index is 12.7. The van der Waals surface area contributed by atoms with Crippen LogP contribution in [0.15, 0.2) is 45.8 Å². The van der Waals surface area contributed by atoms with Gasteiger partial charge >= 0.3 is 0 Å². The van der Waals surface area contributed by atoms with Gasteiger partial charge in [0.05, 0.1) is 4.90 Å². The van der Waals surface area contributed by atoms with Crippen molar-refractivity contribution in [2.45, 2.75) is 37.6 Å². The third-order valence-corrected chi connectivity index (χ3v) is 6.89. The molecule has 0 unspecified atom stereocenters. The van der Waals surface area contributed by atoms with Gasteiger partial charge in [-0.25, -0.2) is 18.1 Å². The number of anilines is 1. The van der Waals surface area contributed by atoms with Gasteiger partial charge in [0.25, 0.3) is 0 Å². The molecule has 0 atom stereocenters. The van der Waals surface area contributed by atoms with Crippen LogP contribution in [-0.2, 0) is 10.0 Å². The number of rotatable bonds is 4. The Morgan fingerprint density at radius 2 is 1.88 bits per heavy atom. The van der Waals surface area contributed by atoms with Crippen LogP contribution in [0.5, 0.6) is 0 Å². The molecule has 0 amide bonds. The lowest BCUT2D eigenvalue weighted by molar-refractivity contribution is 0.458. The Bertz CT molecular complexity index is 862. The number of sulfonamides is 1. The molecule has 0 aliphatic carbocycles. The Morgan fingerprint density at radius 3 is 2.52 bits per heavy atom. The molecule has 0 spiro atoms. The van der Waals surface area contributed by atoms with Gasteiger partial charge in [-0.1, -0.05) is 12.1 Å². The lowest BCUT2D eigenvalue weighted by Crippen LogP contribution is -2.45. The number of nitrogens with zero attached hydrogens (tertiary/aromatic N) is 2. The summed E-state index contributed by atoms with van der Waals surface area (Å²) >= 11 is 3.36. The van der Waals surface area contributed by atoms with E-state index < -0.39 is 10.0 Å². The van der Waals surface area contributed by atoms with Crippen LogP contribution in [0, 0.1) is 13.8 Å². The van der Waals surface area contributed by atoms with Crippen molar-refractivity contribution in [1.82, 2.24) is 9.71 Å². The summed E-state index contributed by atoms with van der Waals surface area (Å²) in [4.78, 5) is 7.05. The van der Waals surface area contributed by atoms with E-state index in [-0.39, 0.29) is 6.04 Å². The molecule has 1 aromatic heterocycles. The molecule has 2 heterocycles. The number of pyridine rings is 1. The predicted octanol–water partition coefficient (Wildman–Crippen LogP) is 3.41. The topological polar surface area (TPSA) is 62.3 Å². The van der Waals surface area contributed by atoms with E-state index in [4.69, 9.17) is 0 Å². The van der Waals surface area contributed by atoms with E-state index in [9.17, 15) is 8.42 Å². The van der Waals surface area contributed by atoms with E-state index in [1.54, 1.807) is 6.07 Å². The highest BCUT2D eigenvalue weighted by Gasteiger charge is 2.26. The fourth-order valence-electron chi connectivity index (χ4n) is 3.04. The molecule has 1 aromatic carbocycles. The second-order valence-corrected chi connectivity index (χ2v) is 8.99. The third kappa shape index (κ3) is 4.40. The Balaban J connectivity index is 1.65. The van der Waals surface area contributed by atoms with Crippen LogP contribution in [0.2, 0.25) is 0 Å². The quantitative estimate of drug-likeness (QED) is 0.817. The van der Waals surface area contributed by atoms with Gasteiger partial charge in [-0.3, -0.25) is 0 Å². The second kappa shape index (κ2) is 7.43. The van der Waals surface area contributed by atoms with Crippen LogP contribution >= 0.6 is 15.9 Å². The monoisotopic (exact) mass is 423 g/mol. The van der Waals surface area contributed by atoms with Crippen molar-refractivity contribution < 1.29 is 8.42 Å². The zero-order valence-electron chi connectivity index (χ0n) is 14.4. The molecule has 0 bridgehead atoms. The van der Waals surface area contributed by atoms with Crippen LogP contribution in [0.3, 0.4) is 0 Å². The first-order valence-electron chi connectivity index (χ1n) is 8.32. The molecule has 1 aliphatic rings. The van der Waals surface area contributed by atoms with Gasteiger partial charge in [0.15, 0.2) is 0 Å². The summed E-state index contributed by atoms with van der Waals surface area (Å²) in [6.45, 7) is 5.49. The Labute approximate surface area is 157 Å². The molecule has 0 saturated carbocycles. The second-order valence-electron chi connectivity index (χ2n) is 6.45. The highest BCUT2D eigenvalue weighted by atomic mass is 79.9. The molecule has 1 fully saturated rings. The van der Waals surface area contributed by atoms with E-state index in [0.29, 0.717) is 9.37 Å². The predicted molar refractivity (Wildman–Crippen MR) is 103 cm³/mol. The van der Waals surface area contributed by atoms with E-state index in [1.165, 1.54) is 0 Å². The molecular formula is C18H22BrN3O2S. The number of benzene rings is 1. The average molecular weight is 424 g/mol.